The van der Waals surface area contributed by atoms with Crippen LogP contribution in [0.3, 0.4) is 0 Å². The molecular formula is C73H120O6. The SMILES string of the molecule is CC/C=C\C/C=C\C/C=C\C/C=C\C/C=C\CCCCCCCCCCCC(=O)OCC(COC(=O)CCCCCCCCC/C=C\C/C=C\C/C=C\CC)OC(=O)CCCCCCCC/C=C\C/C=C\C/C=C\CCCCC. The summed E-state index contributed by atoms with van der Waals surface area (Å²) in [6.07, 6.45) is 93.0. The third-order valence-corrected chi connectivity index (χ3v) is 13.6. The fraction of sp³-hybridized carbons (Fsp3) is 0.658. The van der Waals surface area contributed by atoms with E-state index < -0.39 is 6.10 Å². The Hall–Kier alpha value is -4.45. The van der Waals surface area contributed by atoms with Crippen LogP contribution < -0.4 is 0 Å². The fourth-order valence-corrected chi connectivity index (χ4v) is 8.79. The lowest BCUT2D eigenvalue weighted by Gasteiger charge is -2.18. The molecule has 0 aromatic rings. The van der Waals surface area contributed by atoms with Gasteiger partial charge in [-0.1, -0.05) is 270 Å². The molecule has 0 radical (unpaired) electrons. The topological polar surface area (TPSA) is 78.9 Å². The van der Waals surface area contributed by atoms with E-state index in [-0.39, 0.29) is 31.1 Å². The summed E-state index contributed by atoms with van der Waals surface area (Å²) >= 11 is 0. The van der Waals surface area contributed by atoms with Gasteiger partial charge in [0.2, 0.25) is 0 Å². The second-order valence-electron chi connectivity index (χ2n) is 21.3. The summed E-state index contributed by atoms with van der Waals surface area (Å²) in [5, 5.41) is 0. The minimum Gasteiger partial charge on any atom is -0.462 e. The quantitative estimate of drug-likeness (QED) is 0.0261. The third kappa shape index (κ3) is 64.3. The number of allylic oxidation sites excluding steroid dienone is 22. The maximum atomic E-state index is 12.9. The van der Waals surface area contributed by atoms with Gasteiger partial charge < -0.3 is 14.2 Å². The van der Waals surface area contributed by atoms with Crippen molar-refractivity contribution in [2.75, 3.05) is 13.2 Å². The van der Waals surface area contributed by atoms with Gasteiger partial charge in [0.05, 0.1) is 0 Å². The average molecular weight is 1090 g/mol. The van der Waals surface area contributed by atoms with Crippen molar-refractivity contribution in [1.29, 1.82) is 0 Å². The number of rotatable bonds is 58. The Morgan fingerprint density at radius 3 is 0.772 bits per heavy atom. The van der Waals surface area contributed by atoms with Crippen LogP contribution in [0, 0.1) is 0 Å². The van der Waals surface area contributed by atoms with Crippen LogP contribution in [0.2, 0.25) is 0 Å². The molecule has 79 heavy (non-hydrogen) atoms. The lowest BCUT2D eigenvalue weighted by Crippen LogP contribution is -2.30. The molecule has 448 valence electrons. The van der Waals surface area contributed by atoms with E-state index in [0.29, 0.717) is 19.3 Å². The summed E-state index contributed by atoms with van der Waals surface area (Å²) in [4.78, 5) is 38.4. The maximum Gasteiger partial charge on any atom is 0.306 e. The molecule has 0 saturated carbocycles. The molecule has 0 N–H and O–H groups in total. The zero-order chi connectivity index (χ0) is 57.1. The molecule has 6 heteroatoms. The first-order valence-corrected chi connectivity index (χ1v) is 32.7. The summed E-state index contributed by atoms with van der Waals surface area (Å²) < 4.78 is 16.9. The Morgan fingerprint density at radius 2 is 0.494 bits per heavy atom. The summed E-state index contributed by atoms with van der Waals surface area (Å²) in [5.74, 6) is -0.917. The van der Waals surface area contributed by atoms with Gasteiger partial charge in [-0.2, -0.15) is 0 Å². The van der Waals surface area contributed by atoms with Crippen LogP contribution >= 0.6 is 0 Å². The zero-order valence-corrected chi connectivity index (χ0v) is 51.3. The lowest BCUT2D eigenvalue weighted by molar-refractivity contribution is -0.167. The van der Waals surface area contributed by atoms with Gasteiger partial charge in [-0.25, -0.2) is 0 Å². The van der Waals surface area contributed by atoms with E-state index in [0.717, 1.165) is 148 Å². The highest BCUT2D eigenvalue weighted by Crippen LogP contribution is 2.15. The monoisotopic (exact) mass is 1090 g/mol. The van der Waals surface area contributed by atoms with Crippen molar-refractivity contribution in [3.05, 3.63) is 134 Å². The molecule has 0 fully saturated rings. The number of ether oxygens (including phenoxy) is 3. The number of carbonyl (C=O) groups is 3. The third-order valence-electron chi connectivity index (χ3n) is 13.6. The van der Waals surface area contributed by atoms with Gasteiger partial charge in [0, 0.05) is 19.3 Å². The largest absolute Gasteiger partial charge is 0.462 e. The zero-order valence-electron chi connectivity index (χ0n) is 51.3. The number of hydrogen-bond acceptors (Lipinski definition) is 6. The molecule has 0 rings (SSSR count). The number of carbonyl (C=O) groups excluding carboxylic acids is 3. The molecule has 0 aromatic carbocycles. The minimum atomic E-state index is -0.799. The molecule has 0 aliphatic heterocycles. The highest BCUT2D eigenvalue weighted by atomic mass is 16.6. The Kier molecular flexibility index (Phi) is 62.3. The highest BCUT2D eigenvalue weighted by Gasteiger charge is 2.19. The minimum absolute atomic E-state index is 0.0933. The van der Waals surface area contributed by atoms with Gasteiger partial charge in [-0.05, 0) is 135 Å². The first kappa shape index (κ1) is 74.5. The molecule has 0 aromatic heterocycles. The van der Waals surface area contributed by atoms with Crippen molar-refractivity contribution in [1.82, 2.24) is 0 Å². The van der Waals surface area contributed by atoms with Crippen LogP contribution in [-0.4, -0.2) is 37.2 Å². The van der Waals surface area contributed by atoms with Crippen molar-refractivity contribution in [2.45, 2.75) is 297 Å². The van der Waals surface area contributed by atoms with Gasteiger partial charge in [0.25, 0.3) is 0 Å². The van der Waals surface area contributed by atoms with E-state index in [9.17, 15) is 14.4 Å². The fourth-order valence-electron chi connectivity index (χ4n) is 8.79. The van der Waals surface area contributed by atoms with Crippen LogP contribution in [0.25, 0.3) is 0 Å². The van der Waals surface area contributed by atoms with Gasteiger partial charge in [-0.15, -0.1) is 0 Å². The van der Waals surface area contributed by atoms with E-state index in [4.69, 9.17) is 14.2 Å². The Bertz CT molecular complexity index is 1680. The van der Waals surface area contributed by atoms with E-state index in [1.165, 1.54) is 103 Å². The van der Waals surface area contributed by atoms with Gasteiger partial charge in [0.15, 0.2) is 6.10 Å². The highest BCUT2D eigenvalue weighted by molar-refractivity contribution is 5.71. The van der Waals surface area contributed by atoms with E-state index in [1.807, 2.05) is 0 Å². The summed E-state index contributed by atoms with van der Waals surface area (Å²) in [6, 6.07) is 0. The lowest BCUT2D eigenvalue weighted by atomic mass is 10.1. The first-order valence-electron chi connectivity index (χ1n) is 32.7. The van der Waals surface area contributed by atoms with Crippen molar-refractivity contribution < 1.29 is 28.6 Å². The summed E-state index contributed by atoms with van der Waals surface area (Å²) in [6.45, 7) is 6.38. The van der Waals surface area contributed by atoms with Gasteiger partial charge >= 0.3 is 17.9 Å². The molecule has 0 saturated heterocycles. The van der Waals surface area contributed by atoms with Crippen molar-refractivity contribution >= 4 is 17.9 Å². The molecule has 0 spiro atoms. The smallest absolute Gasteiger partial charge is 0.306 e. The Labute approximate surface area is 487 Å². The Morgan fingerprint density at radius 1 is 0.266 bits per heavy atom. The predicted octanol–water partition coefficient (Wildman–Crippen LogP) is 22.5. The molecule has 1 atom stereocenters. The van der Waals surface area contributed by atoms with E-state index >= 15 is 0 Å². The molecule has 0 heterocycles. The van der Waals surface area contributed by atoms with Crippen LogP contribution in [0.4, 0.5) is 0 Å². The Balaban J connectivity index is 4.43. The van der Waals surface area contributed by atoms with Gasteiger partial charge in [-0.3, -0.25) is 14.4 Å². The second kappa shape index (κ2) is 66.1. The molecular weight excluding hydrogens is 973 g/mol. The molecule has 0 aliphatic rings. The van der Waals surface area contributed by atoms with Crippen LogP contribution in [0.1, 0.15) is 290 Å². The average Bonchev–Trinajstić information content (AvgIpc) is 3.45. The van der Waals surface area contributed by atoms with Crippen molar-refractivity contribution in [2.24, 2.45) is 0 Å². The molecule has 6 nitrogen and oxygen atoms in total. The molecule has 0 amide bonds. The van der Waals surface area contributed by atoms with Crippen LogP contribution in [0.15, 0.2) is 134 Å². The van der Waals surface area contributed by atoms with Gasteiger partial charge in [0.1, 0.15) is 13.2 Å². The van der Waals surface area contributed by atoms with E-state index in [1.54, 1.807) is 0 Å². The summed E-state index contributed by atoms with van der Waals surface area (Å²) in [7, 11) is 0. The molecule has 0 aliphatic carbocycles. The molecule has 1 unspecified atom stereocenters. The van der Waals surface area contributed by atoms with Crippen molar-refractivity contribution in [3.63, 3.8) is 0 Å². The summed E-state index contributed by atoms with van der Waals surface area (Å²) in [5.41, 5.74) is 0. The maximum absolute atomic E-state index is 12.9. The van der Waals surface area contributed by atoms with Crippen molar-refractivity contribution in [3.8, 4) is 0 Å². The molecule has 0 bridgehead atoms. The standard InChI is InChI=1S/C73H120O6/c1-4-7-10-13-16-19-22-25-28-31-33-34-35-36-37-38-40-42-45-48-51-54-57-60-63-66-72(75)78-69-70(68-77-71(74)65-62-59-56-53-50-47-44-41-30-27-24-21-18-15-12-9-6-3)79-73(76)67-64-61-58-55-52-49-46-43-39-32-29-26-23-20-17-14-11-8-5-2/h7,9-10,12,16-21,25-30,33-34,36-37,39,43,70H,4-6,8,11,13-15,22-24,31-32,35,38,40-42,44-69H2,1-3H3/b10-7-,12-9-,19-16-,20-17-,21-18-,28-25-,29-26-,30-27-,34-33-,37-36-,43-39-. The van der Waals surface area contributed by atoms with E-state index in [2.05, 4.69) is 154 Å². The van der Waals surface area contributed by atoms with Crippen LogP contribution in [0.5, 0.6) is 0 Å². The second-order valence-corrected chi connectivity index (χ2v) is 21.3. The predicted molar refractivity (Wildman–Crippen MR) is 343 cm³/mol. The number of hydrogen-bond donors (Lipinski definition) is 0. The number of unbranched alkanes of at least 4 members (excludes halogenated alkanes) is 25. The van der Waals surface area contributed by atoms with Crippen LogP contribution in [-0.2, 0) is 28.6 Å². The first-order chi connectivity index (χ1) is 39.0. The number of esters is 3. The normalized spacial score (nSPS) is 13.0.